The summed E-state index contributed by atoms with van der Waals surface area (Å²) in [6.07, 6.45) is 13.1. The van der Waals surface area contributed by atoms with Gasteiger partial charge in [-0.15, -0.1) is 0 Å². The van der Waals surface area contributed by atoms with Crippen molar-refractivity contribution in [3.63, 3.8) is 0 Å². The highest BCUT2D eigenvalue weighted by Crippen LogP contribution is 2.51. The predicted octanol–water partition coefficient (Wildman–Crippen LogP) is 3.00. The number of rotatable bonds is 6. The van der Waals surface area contributed by atoms with Crippen molar-refractivity contribution in [1.29, 1.82) is 0 Å². The number of fused-ring (bicyclic) bond motifs is 3. The lowest BCUT2D eigenvalue weighted by Gasteiger charge is -2.61. The number of carbonyl (C=O) groups excluding carboxylic acids is 2. The maximum Gasteiger partial charge on any atom is 0.256 e. The van der Waals surface area contributed by atoms with Crippen LogP contribution < -0.4 is 11.1 Å². The fourth-order valence-electron chi connectivity index (χ4n) is 10.0. The summed E-state index contributed by atoms with van der Waals surface area (Å²) < 4.78 is 23.1. The first-order chi connectivity index (χ1) is 20.4. The van der Waals surface area contributed by atoms with Crippen LogP contribution in [0.4, 0.5) is 4.39 Å². The molecule has 11 atom stereocenters. The normalized spacial score (nSPS) is 44.2. The molecule has 3 aliphatic carbocycles. The number of morpholine rings is 1. The van der Waals surface area contributed by atoms with Crippen LogP contribution in [0.25, 0.3) is 0 Å². The quantitative estimate of drug-likeness (QED) is 0.366. The van der Waals surface area contributed by atoms with E-state index in [2.05, 4.69) is 26.9 Å². The topological polar surface area (TPSA) is 91.1 Å². The van der Waals surface area contributed by atoms with E-state index in [-0.39, 0.29) is 60.1 Å². The van der Waals surface area contributed by atoms with Crippen molar-refractivity contribution in [2.24, 2.45) is 23.5 Å². The SMILES string of the molecule is CC1CCCCN1CCCNC(=O)C1=CN2C3CC4CCCCC4CC3OC3C(N4CC[C@@H](N)C4)C(F)CC(C1=O)C32. The first-order valence-corrected chi connectivity index (χ1v) is 17.2. The van der Waals surface area contributed by atoms with Crippen molar-refractivity contribution in [2.45, 2.75) is 133 Å². The van der Waals surface area contributed by atoms with Gasteiger partial charge in [0.1, 0.15) is 6.17 Å². The van der Waals surface area contributed by atoms with Crippen LogP contribution in [0.2, 0.25) is 0 Å². The van der Waals surface area contributed by atoms with Gasteiger partial charge in [-0.3, -0.25) is 14.5 Å². The van der Waals surface area contributed by atoms with Crippen LogP contribution in [0, 0.1) is 17.8 Å². The Hall–Kier alpha value is -1.55. The van der Waals surface area contributed by atoms with Crippen LogP contribution in [-0.4, -0.2) is 108 Å². The molecule has 7 rings (SSSR count). The number of amides is 1. The van der Waals surface area contributed by atoms with Gasteiger partial charge in [0, 0.05) is 50.4 Å². The van der Waals surface area contributed by atoms with Crippen molar-refractivity contribution in [1.82, 2.24) is 20.0 Å². The minimum Gasteiger partial charge on any atom is -0.369 e. The molecule has 1 amide bonds. The van der Waals surface area contributed by atoms with Gasteiger partial charge in [0.15, 0.2) is 5.78 Å². The van der Waals surface area contributed by atoms with Crippen molar-refractivity contribution >= 4 is 11.7 Å². The minimum atomic E-state index is -1.18. The molecule has 0 aromatic rings. The van der Waals surface area contributed by atoms with Gasteiger partial charge in [-0.2, -0.15) is 0 Å². The lowest BCUT2D eigenvalue weighted by atomic mass is 9.64. The van der Waals surface area contributed by atoms with E-state index < -0.39 is 12.1 Å². The number of piperidine rings is 1. The molecule has 234 valence electrons. The summed E-state index contributed by atoms with van der Waals surface area (Å²) in [5.41, 5.74) is 6.49. The molecule has 0 bridgehead atoms. The van der Waals surface area contributed by atoms with E-state index in [0.29, 0.717) is 31.0 Å². The van der Waals surface area contributed by atoms with Gasteiger partial charge in [-0.1, -0.05) is 32.1 Å². The fraction of sp³-hybridized carbons (Fsp3) is 0.879. The van der Waals surface area contributed by atoms with Gasteiger partial charge in [0.05, 0.1) is 35.9 Å². The zero-order valence-corrected chi connectivity index (χ0v) is 25.5. The molecule has 0 aromatic carbocycles. The summed E-state index contributed by atoms with van der Waals surface area (Å²) in [6.45, 7) is 6.37. The fourth-order valence-corrected chi connectivity index (χ4v) is 10.0. The van der Waals surface area contributed by atoms with Crippen molar-refractivity contribution in [3.8, 4) is 0 Å². The summed E-state index contributed by atoms with van der Waals surface area (Å²) in [5, 5.41) is 3.06. The largest absolute Gasteiger partial charge is 0.369 e. The van der Waals surface area contributed by atoms with E-state index in [1.807, 2.05) is 6.20 Å². The molecule has 4 heterocycles. The molecule has 10 unspecified atom stereocenters. The summed E-state index contributed by atoms with van der Waals surface area (Å²) in [4.78, 5) is 34.5. The summed E-state index contributed by atoms with van der Waals surface area (Å²) in [6, 6.07) is 0.185. The molecule has 0 aromatic heterocycles. The molecule has 0 spiro atoms. The number of ketones is 1. The van der Waals surface area contributed by atoms with Crippen molar-refractivity contribution in [3.05, 3.63) is 11.8 Å². The number of hydrogen-bond donors (Lipinski definition) is 2. The second-order valence-electron chi connectivity index (χ2n) is 14.7. The first-order valence-electron chi connectivity index (χ1n) is 17.2. The van der Waals surface area contributed by atoms with E-state index in [1.165, 1.54) is 44.9 Å². The third-order valence-corrected chi connectivity index (χ3v) is 12.2. The molecular formula is C33H52FN5O3. The standard InChI is InChI=1S/C33H52FN5O3/c1-20-7-4-5-12-37(20)13-6-11-36-33(41)25-19-39-27-15-21-8-2-3-9-22(21)16-28(27)42-32-29(39)24(31(25)40)17-26(34)30(32)38-14-10-23(35)18-38/h19-24,26-30,32H,2-18,35H2,1H3,(H,36,41)/t20?,21?,22?,23-,24?,26?,27?,28?,29?,30?,32?/m1/s1. The van der Waals surface area contributed by atoms with Gasteiger partial charge in [-0.25, -0.2) is 4.39 Å². The van der Waals surface area contributed by atoms with Crippen LogP contribution in [0.1, 0.15) is 84.0 Å². The maximum absolute atomic E-state index is 16.2. The Balaban J connectivity index is 1.12. The van der Waals surface area contributed by atoms with Gasteiger partial charge >= 0.3 is 0 Å². The summed E-state index contributed by atoms with van der Waals surface area (Å²) >= 11 is 0. The average molecular weight is 586 g/mol. The number of hydrogen-bond acceptors (Lipinski definition) is 7. The number of ether oxygens (including phenoxy) is 1. The Labute approximate surface area is 250 Å². The molecule has 8 nitrogen and oxygen atoms in total. The highest BCUT2D eigenvalue weighted by molar-refractivity contribution is 6.20. The van der Waals surface area contributed by atoms with E-state index in [0.717, 1.165) is 45.3 Å². The maximum atomic E-state index is 16.2. The minimum absolute atomic E-state index is 0.00984. The van der Waals surface area contributed by atoms with E-state index >= 15 is 4.39 Å². The van der Waals surface area contributed by atoms with Gasteiger partial charge in [-0.05, 0) is 70.3 Å². The van der Waals surface area contributed by atoms with Gasteiger partial charge in [0.2, 0.25) is 0 Å². The number of nitrogens with two attached hydrogens (primary N) is 1. The van der Waals surface area contributed by atoms with E-state index in [4.69, 9.17) is 10.5 Å². The van der Waals surface area contributed by atoms with Gasteiger partial charge < -0.3 is 25.6 Å². The lowest BCUT2D eigenvalue weighted by Crippen LogP contribution is -2.73. The van der Waals surface area contributed by atoms with Gasteiger partial charge in [0.25, 0.3) is 5.91 Å². The molecule has 3 saturated carbocycles. The molecule has 0 radical (unpaired) electrons. The van der Waals surface area contributed by atoms with Crippen LogP contribution in [0.15, 0.2) is 11.8 Å². The highest BCUT2D eigenvalue weighted by atomic mass is 19.1. The Morgan fingerprint density at radius 3 is 2.60 bits per heavy atom. The number of carbonyl (C=O) groups is 2. The third-order valence-electron chi connectivity index (χ3n) is 12.2. The molecule has 3 saturated heterocycles. The predicted molar refractivity (Wildman–Crippen MR) is 159 cm³/mol. The molecule has 42 heavy (non-hydrogen) atoms. The monoisotopic (exact) mass is 585 g/mol. The molecule has 3 N–H and O–H groups in total. The zero-order chi connectivity index (χ0) is 29.0. The number of nitrogens with one attached hydrogen (secondary N) is 1. The number of nitrogens with zero attached hydrogens (tertiary/aromatic N) is 3. The number of alkyl halides is 1. The lowest BCUT2D eigenvalue weighted by molar-refractivity contribution is -0.219. The Morgan fingerprint density at radius 1 is 1.05 bits per heavy atom. The van der Waals surface area contributed by atoms with E-state index in [9.17, 15) is 9.59 Å². The second-order valence-corrected chi connectivity index (χ2v) is 14.7. The van der Waals surface area contributed by atoms with Crippen LogP contribution >= 0.6 is 0 Å². The molecule has 4 aliphatic heterocycles. The average Bonchev–Trinajstić information content (AvgIpc) is 3.41. The zero-order valence-electron chi connectivity index (χ0n) is 25.5. The summed E-state index contributed by atoms with van der Waals surface area (Å²) in [7, 11) is 0. The molecular weight excluding hydrogens is 533 g/mol. The Kier molecular flexibility index (Phi) is 8.40. The molecule has 9 heteroatoms. The smallest absolute Gasteiger partial charge is 0.256 e. The van der Waals surface area contributed by atoms with Crippen molar-refractivity contribution in [2.75, 3.05) is 32.7 Å². The van der Waals surface area contributed by atoms with Crippen LogP contribution in [0.3, 0.4) is 0 Å². The second kappa shape index (κ2) is 12.1. The highest BCUT2D eigenvalue weighted by Gasteiger charge is 2.60. The third kappa shape index (κ3) is 5.34. The Bertz CT molecular complexity index is 1060. The molecule has 6 fully saturated rings. The summed E-state index contributed by atoms with van der Waals surface area (Å²) in [5.74, 6) is 0.290. The van der Waals surface area contributed by atoms with Crippen LogP contribution in [0.5, 0.6) is 0 Å². The van der Waals surface area contributed by atoms with Crippen LogP contribution in [-0.2, 0) is 14.3 Å². The van der Waals surface area contributed by atoms with Crippen molar-refractivity contribution < 1.29 is 18.7 Å². The van der Waals surface area contributed by atoms with E-state index in [1.54, 1.807) is 0 Å². The molecule has 7 aliphatic rings. The number of likely N-dealkylation sites (tertiary alicyclic amines) is 2. The Morgan fingerprint density at radius 2 is 1.83 bits per heavy atom. The number of halogens is 1. The first kappa shape index (κ1) is 29.2. The number of Topliss-reactive ketones (excluding diaryl/α,β-unsaturated/α-hetero) is 1.